The SMILES string of the molecule is CC[C@H](C)NC(=O)[C@H](C)NC(=O)[C@@H](C)OC1CCCCCC1. The number of ether oxygens (including phenoxy) is 1. The summed E-state index contributed by atoms with van der Waals surface area (Å²) in [5, 5.41) is 5.61. The summed E-state index contributed by atoms with van der Waals surface area (Å²) in [4.78, 5) is 24.1. The van der Waals surface area contributed by atoms with Gasteiger partial charge < -0.3 is 15.4 Å². The van der Waals surface area contributed by atoms with Crippen molar-refractivity contribution in [2.24, 2.45) is 0 Å². The first-order valence-electron chi connectivity index (χ1n) is 8.70. The van der Waals surface area contributed by atoms with Gasteiger partial charge in [-0.05, 0) is 40.0 Å². The van der Waals surface area contributed by atoms with E-state index in [2.05, 4.69) is 10.6 Å². The third-order valence-electron chi connectivity index (χ3n) is 4.32. The predicted octanol–water partition coefficient (Wildman–Crippen LogP) is 2.53. The molecule has 1 saturated carbocycles. The molecule has 0 unspecified atom stereocenters. The van der Waals surface area contributed by atoms with Crippen molar-refractivity contribution in [2.75, 3.05) is 0 Å². The molecular formula is C17H32N2O3. The maximum absolute atomic E-state index is 12.2. The molecule has 128 valence electrons. The molecule has 0 spiro atoms. The van der Waals surface area contributed by atoms with Crippen LogP contribution in [0.5, 0.6) is 0 Å². The van der Waals surface area contributed by atoms with E-state index >= 15 is 0 Å². The van der Waals surface area contributed by atoms with Gasteiger partial charge in [0.25, 0.3) is 0 Å². The molecule has 2 amide bonds. The van der Waals surface area contributed by atoms with Gasteiger partial charge in [0, 0.05) is 6.04 Å². The van der Waals surface area contributed by atoms with E-state index in [9.17, 15) is 9.59 Å². The van der Waals surface area contributed by atoms with Gasteiger partial charge in [0.1, 0.15) is 12.1 Å². The van der Waals surface area contributed by atoms with E-state index in [0.717, 1.165) is 19.3 Å². The summed E-state index contributed by atoms with van der Waals surface area (Å²) in [5.74, 6) is -0.361. The normalized spacial score (nSPS) is 20.5. The Hall–Kier alpha value is -1.10. The Bertz CT molecular complexity index is 352. The fourth-order valence-electron chi connectivity index (χ4n) is 2.59. The molecular weight excluding hydrogens is 280 g/mol. The molecule has 22 heavy (non-hydrogen) atoms. The van der Waals surface area contributed by atoms with Gasteiger partial charge in [-0.2, -0.15) is 0 Å². The van der Waals surface area contributed by atoms with Crippen molar-refractivity contribution in [2.45, 2.75) is 96.9 Å². The van der Waals surface area contributed by atoms with Gasteiger partial charge in [-0.1, -0.05) is 32.6 Å². The number of nitrogens with one attached hydrogen (secondary N) is 2. The first-order valence-corrected chi connectivity index (χ1v) is 8.70. The second kappa shape index (κ2) is 9.82. The van der Waals surface area contributed by atoms with Gasteiger partial charge in [0.05, 0.1) is 6.10 Å². The van der Waals surface area contributed by atoms with Crippen molar-refractivity contribution >= 4 is 11.8 Å². The Labute approximate surface area is 134 Å². The Balaban J connectivity index is 2.37. The minimum Gasteiger partial charge on any atom is -0.365 e. The van der Waals surface area contributed by atoms with E-state index in [1.165, 1.54) is 25.7 Å². The monoisotopic (exact) mass is 312 g/mol. The summed E-state index contributed by atoms with van der Waals surface area (Å²) < 4.78 is 5.87. The minimum atomic E-state index is -0.540. The van der Waals surface area contributed by atoms with E-state index in [1.54, 1.807) is 13.8 Å². The second-order valence-corrected chi connectivity index (χ2v) is 6.44. The third-order valence-corrected chi connectivity index (χ3v) is 4.32. The van der Waals surface area contributed by atoms with Crippen LogP contribution in [0.1, 0.15) is 72.6 Å². The molecule has 5 heteroatoms. The lowest BCUT2D eigenvalue weighted by Crippen LogP contribution is -2.50. The maximum atomic E-state index is 12.2. The Morgan fingerprint density at radius 1 is 1.00 bits per heavy atom. The standard InChI is InChI=1S/C17H32N2O3/c1-5-12(2)18-16(20)13(3)19-17(21)14(4)22-15-10-8-6-7-9-11-15/h12-15H,5-11H2,1-4H3,(H,18,20)(H,19,21)/t12-,13-,14+/m0/s1. The highest BCUT2D eigenvalue weighted by molar-refractivity contribution is 5.89. The van der Waals surface area contributed by atoms with Gasteiger partial charge >= 0.3 is 0 Å². The number of rotatable bonds is 7. The van der Waals surface area contributed by atoms with Crippen LogP contribution in [0.25, 0.3) is 0 Å². The average molecular weight is 312 g/mol. The molecule has 1 aliphatic carbocycles. The average Bonchev–Trinajstić information content (AvgIpc) is 2.75. The Kier molecular flexibility index (Phi) is 8.46. The first kappa shape index (κ1) is 18.9. The van der Waals surface area contributed by atoms with Crippen molar-refractivity contribution in [3.8, 4) is 0 Å². The fourth-order valence-corrected chi connectivity index (χ4v) is 2.59. The number of carbonyl (C=O) groups is 2. The van der Waals surface area contributed by atoms with Crippen LogP contribution in [0.15, 0.2) is 0 Å². The number of amides is 2. The van der Waals surface area contributed by atoms with Gasteiger partial charge in [0.2, 0.25) is 11.8 Å². The third kappa shape index (κ3) is 6.77. The highest BCUT2D eigenvalue weighted by Gasteiger charge is 2.23. The van der Waals surface area contributed by atoms with Crippen LogP contribution in [0.2, 0.25) is 0 Å². The molecule has 0 aromatic rings. The molecule has 2 N–H and O–H groups in total. The molecule has 0 bridgehead atoms. The first-order chi connectivity index (χ1) is 10.4. The number of hydrogen-bond donors (Lipinski definition) is 2. The summed E-state index contributed by atoms with van der Waals surface area (Å²) in [7, 11) is 0. The summed E-state index contributed by atoms with van der Waals surface area (Å²) in [5.41, 5.74) is 0. The van der Waals surface area contributed by atoms with E-state index in [4.69, 9.17) is 4.74 Å². The molecule has 3 atom stereocenters. The predicted molar refractivity (Wildman–Crippen MR) is 87.5 cm³/mol. The number of hydrogen-bond acceptors (Lipinski definition) is 3. The zero-order chi connectivity index (χ0) is 16.5. The summed E-state index contributed by atoms with van der Waals surface area (Å²) in [6.07, 6.45) is 7.45. The van der Waals surface area contributed by atoms with Crippen molar-refractivity contribution in [3.05, 3.63) is 0 Å². The van der Waals surface area contributed by atoms with Gasteiger partial charge in [-0.25, -0.2) is 0 Å². The molecule has 1 aliphatic rings. The van der Waals surface area contributed by atoms with E-state index in [-0.39, 0.29) is 24.0 Å². The molecule has 0 aromatic carbocycles. The summed E-state index contributed by atoms with van der Waals surface area (Å²) in [6, 6.07) is -0.423. The van der Waals surface area contributed by atoms with Crippen molar-refractivity contribution in [3.63, 3.8) is 0 Å². The molecule has 0 aliphatic heterocycles. The van der Waals surface area contributed by atoms with Crippen LogP contribution in [-0.2, 0) is 14.3 Å². The highest BCUT2D eigenvalue weighted by Crippen LogP contribution is 2.20. The van der Waals surface area contributed by atoms with Gasteiger partial charge in [-0.3, -0.25) is 9.59 Å². The zero-order valence-electron chi connectivity index (χ0n) is 14.5. The van der Waals surface area contributed by atoms with E-state index in [1.807, 2.05) is 13.8 Å². The van der Waals surface area contributed by atoms with Crippen molar-refractivity contribution < 1.29 is 14.3 Å². The Morgan fingerprint density at radius 3 is 2.14 bits per heavy atom. The summed E-state index contributed by atoms with van der Waals surface area (Å²) >= 11 is 0. The fraction of sp³-hybridized carbons (Fsp3) is 0.882. The second-order valence-electron chi connectivity index (χ2n) is 6.44. The van der Waals surface area contributed by atoms with Crippen molar-refractivity contribution in [1.82, 2.24) is 10.6 Å². The quantitative estimate of drug-likeness (QED) is 0.710. The van der Waals surface area contributed by atoms with Crippen molar-refractivity contribution in [1.29, 1.82) is 0 Å². The van der Waals surface area contributed by atoms with Crippen LogP contribution >= 0.6 is 0 Å². The highest BCUT2D eigenvalue weighted by atomic mass is 16.5. The Morgan fingerprint density at radius 2 is 1.59 bits per heavy atom. The molecule has 0 radical (unpaired) electrons. The lowest BCUT2D eigenvalue weighted by Gasteiger charge is -2.23. The topological polar surface area (TPSA) is 67.4 Å². The molecule has 0 heterocycles. The molecule has 1 rings (SSSR count). The largest absolute Gasteiger partial charge is 0.365 e. The smallest absolute Gasteiger partial charge is 0.249 e. The molecule has 5 nitrogen and oxygen atoms in total. The molecule has 1 fully saturated rings. The van der Waals surface area contributed by atoms with Crippen LogP contribution in [0.4, 0.5) is 0 Å². The lowest BCUT2D eigenvalue weighted by molar-refractivity contribution is -0.139. The minimum absolute atomic E-state index is 0.117. The van der Waals surface area contributed by atoms with Crippen LogP contribution in [0.3, 0.4) is 0 Å². The molecule has 0 aromatic heterocycles. The van der Waals surface area contributed by atoms with Crippen LogP contribution in [0, 0.1) is 0 Å². The van der Waals surface area contributed by atoms with Crippen LogP contribution in [-0.4, -0.2) is 36.1 Å². The van der Waals surface area contributed by atoms with E-state index < -0.39 is 12.1 Å². The maximum Gasteiger partial charge on any atom is 0.249 e. The van der Waals surface area contributed by atoms with E-state index in [0.29, 0.717) is 0 Å². The lowest BCUT2D eigenvalue weighted by atomic mass is 10.1. The van der Waals surface area contributed by atoms with Crippen LogP contribution < -0.4 is 10.6 Å². The summed E-state index contributed by atoms with van der Waals surface area (Å²) in [6.45, 7) is 7.43. The molecule has 0 saturated heterocycles. The van der Waals surface area contributed by atoms with Gasteiger partial charge in [-0.15, -0.1) is 0 Å². The number of carbonyl (C=O) groups excluding carboxylic acids is 2. The zero-order valence-corrected chi connectivity index (χ0v) is 14.5. The van der Waals surface area contributed by atoms with Gasteiger partial charge in [0.15, 0.2) is 0 Å².